The van der Waals surface area contributed by atoms with E-state index >= 15 is 0 Å². The fraction of sp³-hybridized carbons (Fsp3) is 0.286. The first-order valence-corrected chi connectivity index (χ1v) is 7.42. The Hall–Kier alpha value is -2.55. The summed E-state index contributed by atoms with van der Waals surface area (Å²) < 4.78 is 10.3. The molecule has 2 rings (SSSR count). The first-order valence-electron chi connectivity index (χ1n) is 6.54. The molecule has 9 heteroatoms. The minimum atomic E-state index is -1.29. The second kappa shape index (κ2) is 7.63. The Labute approximate surface area is 136 Å². The number of carbonyl (C=O) groups excluding carboxylic acids is 2. The van der Waals surface area contributed by atoms with Gasteiger partial charge in [0.2, 0.25) is 5.91 Å². The molecule has 1 N–H and O–H groups in total. The molecule has 1 aromatic carbocycles. The molecule has 1 amide bonds. The van der Waals surface area contributed by atoms with Crippen molar-refractivity contribution < 1.29 is 24.2 Å². The number of nitrogens with zero attached hydrogens (tertiary/aromatic N) is 2. The zero-order valence-corrected chi connectivity index (χ0v) is 13.3. The number of rotatable bonds is 6. The summed E-state index contributed by atoms with van der Waals surface area (Å²) in [6, 6.07) is 5.20. The molecule has 0 saturated carbocycles. The van der Waals surface area contributed by atoms with E-state index in [4.69, 9.17) is 9.47 Å². The first-order chi connectivity index (χ1) is 11.0. The minimum Gasteiger partial charge on any atom is -0.550 e. The molecule has 1 heterocycles. The molecule has 1 aliphatic rings. The van der Waals surface area contributed by atoms with Crippen LogP contribution in [0.4, 0.5) is 0 Å². The van der Waals surface area contributed by atoms with Crippen LogP contribution >= 0.6 is 11.8 Å². The molecule has 0 unspecified atom stereocenters. The summed E-state index contributed by atoms with van der Waals surface area (Å²) in [5.74, 6) is -0.499. The van der Waals surface area contributed by atoms with Gasteiger partial charge in [-0.05, 0) is 12.1 Å². The number of carbonyl (C=O) groups is 2. The third-order valence-electron chi connectivity index (χ3n) is 2.91. The zero-order chi connectivity index (χ0) is 16.8. The number of carboxylic acid groups (broad SMARTS) is 1. The summed E-state index contributed by atoms with van der Waals surface area (Å²) >= 11 is 1.00. The van der Waals surface area contributed by atoms with Crippen LogP contribution in [0.1, 0.15) is 12.0 Å². The lowest BCUT2D eigenvalue weighted by Gasteiger charge is -2.06. The summed E-state index contributed by atoms with van der Waals surface area (Å²) in [7, 11) is 3.08. The number of hydrogen-bond donors (Lipinski definition) is 1. The summed E-state index contributed by atoms with van der Waals surface area (Å²) in [5, 5.41) is 20.2. The predicted molar refractivity (Wildman–Crippen MR) is 83.7 cm³/mol. The van der Waals surface area contributed by atoms with Gasteiger partial charge in [0.1, 0.15) is 11.5 Å². The number of ether oxygens (including phenoxy) is 2. The molecular formula is C14H14N3O5S-. The molecular weight excluding hydrogens is 322 g/mol. The van der Waals surface area contributed by atoms with E-state index < -0.39 is 17.1 Å². The SMILES string of the molecule is COc1ccc(/C=N\N=C2\NC(=O)[C@H](CC(=O)[O-])S2)c(OC)c1. The maximum Gasteiger partial charge on any atom is 0.239 e. The Balaban J connectivity index is 2.07. The van der Waals surface area contributed by atoms with Crippen LogP contribution < -0.4 is 19.9 Å². The van der Waals surface area contributed by atoms with Crippen LogP contribution in [-0.2, 0) is 9.59 Å². The highest BCUT2D eigenvalue weighted by Gasteiger charge is 2.30. The average Bonchev–Trinajstić information content (AvgIpc) is 2.86. The van der Waals surface area contributed by atoms with Gasteiger partial charge < -0.3 is 24.7 Å². The number of thioether (sulfide) groups is 1. The van der Waals surface area contributed by atoms with E-state index in [-0.39, 0.29) is 11.6 Å². The van der Waals surface area contributed by atoms with Crippen LogP contribution in [0.3, 0.4) is 0 Å². The van der Waals surface area contributed by atoms with Crippen LogP contribution in [0.15, 0.2) is 28.4 Å². The normalized spacial score (nSPS) is 19.1. The molecule has 8 nitrogen and oxygen atoms in total. The average molecular weight is 336 g/mol. The number of carboxylic acids is 1. The van der Waals surface area contributed by atoms with E-state index in [1.165, 1.54) is 13.3 Å². The van der Waals surface area contributed by atoms with Crippen molar-refractivity contribution in [3.8, 4) is 11.5 Å². The Bertz CT molecular complexity index is 674. The van der Waals surface area contributed by atoms with Crippen molar-refractivity contribution in [1.82, 2.24) is 5.32 Å². The van der Waals surface area contributed by atoms with Crippen LogP contribution in [-0.4, -0.2) is 42.7 Å². The molecule has 1 aliphatic heterocycles. The quantitative estimate of drug-likeness (QED) is 0.567. The second-order valence-corrected chi connectivity index (χ2v) is 5.62. The molecule has 0 spiro atoms. The van der Waals surface area contributed by atoms with Crippen molar-refractivity contribution in [1.29, 1.82) is 0 Å². The molecule has 0 aliphatic carbocycles. The van der Waals surface area contributed by atoms with Gasteiger partial charge in [-0.15, -0.1) is 5.10 Å². The van der Waals surface area contributed by atoms with Gasteiger partial charge in [0.05, 0.1) is 25.7 Å². The highest BCUT2D eigenvalue weighted by atomic mass is 32.2. The van der Waals surface area contributed by atoms with Crippen molar-refractivity contribution in [3.05, 3.63) is 23.8 Å². The smallest absolute Gasteiger partial charge is 0.239 e. The maximum absolute atomic E-state index is 11.5. The van der Waals surface area contributed by atoms with Gasteiger partial charge in [-0.1, -0.05) is 11.8 Å². The largest absolute Gasteiger partial charge is 0.550 e. The molecule has 23 heavy (non-hydrogen) atoms. The number of amides is 1. The van der Waals surface area contributed by atoms with Crippen molar-refractivity contribution in [2.45, 2.75) is 11.7 Å². The standard InChI is InChI=1S/C14H15N3O5S/c1-21-9-4-3-8(10(5-9)22-2)7-15-17-14-16-13(20)11(23-14)6-12(18)19/h3-5,7,11H,6H2,1-2H3,(H,18,19)(H,16,17,20)/p-1/b15-7-/t11-/m0/s1. The summed E-state index contributed by atoms with van der Waals surface area (Å²) in [6.45, 7) is 0. The third kappa shape index (κ3) is 4.46. The Kier molecular flexibility index (Phi) is 5.58. The second-order valence-electron chi connectivity index (χ2n) is 4.43. The molecule has 122 valence electrons. The van der Waals surface area contributed by atoms with Crippen LogP contribution in [0.5, 0.6) is 11.5 Å². The van der Waals surface area contributed by atoms with E-state index in [2.05, 4.69) is 15.5 Å². The summed E-state index contributed by atoms with van der Waals surface area (Å²) in [5.41, 5.74) is 0.679. The predicted octanol–water partition coefficient (Wildman–Crippen LogP) is -0.235. The van der Waals surface area contributed by atoms with Crippen molar-refractivity contribution in [3.63, 3.8) is 0 Å². The van der Waals surface area contributed by atoms with Crippen molar-refractivity contribution >= 4 is 35.0 Å². The Morgan fingerprint density at radius 2 is 2.22 bits per heavy atom. The fourth-order valence-electron chi connectivity index (χ4n) is 1.81. The fourth-order valence-corrected chi connectivity index (χ4v) is 2.72. The van der Waals surface area contributed by atoms with E-state index in [1.807, 2.05) is 0 Å². The zero-order valence-electron chi connectivity index (χ0n) is 12.4. The Morgan fingerprint density at radius 3 is 2.87 bits per heavy atom. The van der Waals surface area contributed by atoms with Crippen LogP contribution in [0, 0.1) is 0 Å². The molecule has 0 radical (unpaired) electrons. The highest BCUT2D eigenvalue weighted by molar-refractivity contribution is 8.15. The Morgan fingerprint density at radius 1 is 1.43 bits per heavy atom. The third-order valence-corrected chi connectivity index (χ3v) is 3.99. The summed E-state index contributed by atoms with van der Waals surface area (Å²) in [6.07, 6.45) is 1.09. The van der Waals surface area contributed by atoms with Gasteiger partial charge in [-0.3, -0.25) is 4.79 Å². The number of nitrogens with one attached hydrogen (secondary N) is 1. The van der Waals surface area contributed by atoms with Gasteiger partial charge in [0.15, 0.2) is 5.17 Å². The van der Waals surface area contributed by atoms with Gasteiger partial charge in [0, 0.05) is 24.0 Å². The lowest BCUT2D eigenvalue weighted by atomic mass is 10.2. The topological polar surface area (TPSA) is 112 Å². The molecule has 0 aromatic heterocycles. The van der Waals surface area contributed by atoms with Crippen LogP contribution in [0.2, 0.25) is 0 Å². The lowest BCUT2D eigenvalue weighted by Crippen LogP contribution is -2.31. The highest BCUT2D eigenvalue weighted by Crippen LogP contribution is 2.24. The number of amidine groups is 1. The van der Waals surface area contributed by atoms with Gasteiger partial charge in [-0.2, -0.15) is 5.10 Å². The van der Waals surface area contributed by atoms with Gasteiger partial charge >= 0.3 is 0 Å². The van der Waals surface area contributed by atoms with Crippen LogP contribution in [0.25, 0.3) is 0 Å². The summed E-state index contributed by atoms with van der Waals surface area (Å²) in [4.78, 5) is 22.1. The molecule has 1 saturated heterocycles. The molecule has 1 fully saturated rings. The maximum atomic E-state index is 11.5. The molecule has 1 aromatic rings. The van der Waals surface area contributed by atoms with Crippen molar-refractivity contribution in [2.24, 2.45) is 10.2 Å². The van der Waals surface area contributed by atoms with Crippen molar-refractivity contribution in [2.75, 3.05) is 14.2 Å². The number of aliphatic carboxylic acids is 1. The number of methoxy groups -OCH3 is 2. The minimum absolute atomic E-state index is 0.241. The monoisotopic (exact) mass is 336 g/mol. The van der Waals surface area contributed by atoms with E-state index in [0.29, 0.717) is 17.1 Å². The number of benzene rings is 1. The lowest BCUT2D eigenvalue weighted by molar-refractivity contribution is -0.305. The molecule has 1 atom stereocenters. The molecule has 0 bridgehead atoms. The van der Waals surface area contributed by atoms with E-state index in [1.54, 1.807) is 25.3 Å². The van der Waals surface area contributed by atoms with E-state index in [9.17, 15) is 14.7 Å². The van der Waals surface area contributed by atoms with Gasteiger partial charge in [0.25, 0.3) is 0 Å². The number of hydrogen-bond acceptors (Lipinski definition) is 8. The van der Waals surface area contributed by atoms with E-state index in [0.717, 1.165) is 11.8 Å². The first kappa shape index (κ1) is 16.8. The van der Waals surface area contributed by atoms with Gasteiger partial charge in [-0.25, -0.2) is 0 Å².